The summed E-state index contributed by atoms with van der Waals surface area (Å²) >= 11 is 5.55. The quantitative estimate of drug-likeness (QED) is 0.736. The van der Waals surface area contributed by atoms with Crippen molar-refractivity contribution in [3.8, 4) is 11.8 Å². The van der Waals surface area contributed by atoms with Gasteiger partial charge >= 0.3 is 6.36 Å². The number of benzene rings is 1. The highest BCUT2D eigenvalue weighted by Gasteiger charge is 2.30. The third kappa shape index (κ3) is 3.68. The second-order valence-corrected chi connectivity index (χ2v) is 3.04. The van der Waals surface area contributed by atoms with Crippen LogP contribution >= 0.6 is 11.6 Å². The molecule has 0 saturated heterocycles. The summed E-state index contributed by atoms with van der Waals surface area (Å²) < 4.78 is 38.9. The smallest absolute Gasteiger partial charge is 0.406 e. The minimum absolute atomic E-state index is 0.340. The number of halogens is 4. The molecule has 1 aromatic carbocycles. The molecule has 0 bridgehead atoms. The number of hydrogen-bond donors (Lipinski definition) is 0. The zero-order valence-corrected chi connectivity index (χ0v) is 8.01. The summed E-state index contributed by atoms with van der Waals surface area (Å²) in [7, 11) is 0. The van der Waals surface area contributed by atoms with Gasteiger partial charge in [0.05, 0.1) is 6.07 Å². The van der Waals surface area contributed by atoms with Crippen molar-refractivity contribution >= 4 is 11.6 Å². The van der Waals surface area contributed by atoms with E-state index in [1.54, 1.807) is 6.07 Å². The molecule has 0 aliphatic carbocycles. The van der Waals surface area contributed by atoms with Crippen LogP contribution in [0.1, 0.15) is 10.9 Å². The zero-order chi connectivity index (χ0) is 11.5. The van der Waals surface area contributed by atoms with Crippen molar-refractivity contribution in [3.63, 3.8) is 0 Å². The second kappa shape index (κ2) is 4.41. The maximum Gasteiger partial charge on any atom is 0.573 e. The maximum atomic E-state index is 11.8. The molecule has 1 aromatic rings. The van der Waals surface area contributed by atoms with E-state index in [0.29, 0.717) is 5.56 Å². The van der Waals surface area contributed by atoms with Gasteiger partial charge in [0, 0.05) is 0 Å². The van der Waals surface area contributed by atoms with Gasteiger partial charge in [0.15, 0.2) is 0 Å². The molecule has 0 aromatic heterocycles. The van der Waals surface area contributed by atoms with E-state index >= 15 is 0 Å². The lowest BCUT2D eigenvalue weighted by Gasteiger charge is -2.09. The number of rotatable bonds is 2. The average Bonchev–Trinajstić information content (AvgIpc) is 2.15. The van der Waals surface area contributed by atoms with E-state index in [-0.39, 0.29) is 5.75 Å². The zero-order valence-electron chi connectivity index (χ0n) is 7.25. The molecule has 0 heterocycles. The normalized spacial score (nSPS) is 13.0. The number of hydrogen-bond acceptors (Lipinski definition) is 2. The number of ether oxygens (including phenoxy) is 1. The van der Waals surface area contributed by atoms with Crippen LogP contribution in [0.3, 0.4) is 0 Å². The lowest BCUT2D eigenvalue weighted by Crippen LogP contribution is -2.17. The number of nitriles is 1. The largest absolute Gasteiger partial charge is 0.573 e. The van der Waals surface area contributed by atoms with Crippen LogP contribution in [0.25, 0.3) is 0 Å². The van der Waals surface area contributed by atoms with Crippen LogP contribution < -0.4 is 4.74 Å². The fraction of sp³-hybridized carbons (Fsp3) is 0.222. The molecule has 80 valence electrons. The van der Waals surface area contributed by atoms with Crippen LogP contribution in [0.2, 0.25) is 0 Å². The first-order valence-electron chi connectivity index (χ1n) is 3.82. The van der Waals surface area contributed by atoms with Gasteiger partial charge in [-0.3, -0.25) is 0 Å². The molecular formula is C9H5ClF3NO. The van der Waals surface area contributed by atoms with E-state index in [2.05, 4.69) is 4.74 Å². The minimum Gasteiger partial charge on any atom is -0.406 e. The molecule has 0 aliphatic heterocycles. The molecule has 0 fully saturated rings. The highest BCUT2D eigenvalue weighted by molar-refractivity contribution is 6.22. The molecule has 0 radical (unpaired) electrons. The number of nitrogens with zero attached hydrogens (tertiary/aromatic N) is 1. The van der Waals surface area contributed by atoms with Crippen LogP contribution in [-0.2, 0) is 0 Å². The van der Waals surface area contributed by atoms with Crippen LogP contribution in [0.4, 0.5) is 13.2 Å². The summed E-state index contributed by atoms with van der Waals surface area (Å²) in [6, 6.07) is 6.58. The summed E-state index contributed by atoms with van der Waals surface area (Å²) in [5.41, 5.74) is 0.425. The molecule has 0 spiro atoms. The van der Waals surface area contributed by atoms with Gasteiger partial charge in [-0.1, -0.05) is 12.1 Å². The molecular weight excluding hydrogens is 231 g/mol. The Bertz CT molecular complexity index is 368. The Morgan fingerprint density at radius 1 is 1.27 bits per heavy atom. The predicted molar refractivity (Wildman–Crippen MR) is 47.3 cm³/mol. The lowest BCUT2D eigenvalue weighted by atomic mass is 10.1. The summed E-state index contributed by atoms with van der Waals surface area (Å²) in [5.74, 6) is -0.340. The first-order chi connectivity index (χ1) is 6.92. The van der Waals surface area contributed by atoms with Crippen molar-refractivity contribution in [3.05, 3.63) is 29.8 Å². The Labute approximate surface area is 88.8 Å². The maximum absolute atomic E-state index is 11.8. The SMILES string of the molecule is N#CC(Cl)c1ccc(OC(F)(F)F)cc1. The minimum atomic E-state index is -4.71. The molecule has 0 saturated carbocycles. The van der Waals surface area contributed by atoms with E-state index in [1.807, 2.05) is 0 Å². The standard InChI is InChI=1S/C9H5ClF3NO/c10-8(5-14)6-1-3-7(4-2-6)15-9(11,12)13/h1-4,8H. The van der Waals surface area contributed by atoms with Gasteiger partial charge in [-0.15, -0.1) is 24.8 Å². The fourth-order valence-electron chi connectivity index (χ4n) is 0.913. The van der Waals surface area contributed by atoms with E-state index < -0.39 is 11.7 Å². The second-order valence-electron chi connectivity index (χ2n) is 2.61. The Hall–Kier alpha value is -1.41. The molecule has 0 aliphatic rings. The van der Waals surface area contributed by atoms with Crippen LogP contribution in [0, 0.1) is 11.3 Å². The average molecular weight is 236 g/mol. The lowest BCUT2D eigenvalue weighted by molar-refractivity contribution is -0.274. The summed E-state index contributed by atoms with van der Waals surface area (Å²) in [6.07, 6.45) is -4.71. The summed E-state index contributed by atoms with van der Waals surface area (Å²) in [4.78, 5) is 0. The van der Waals surface area contributed by atoms with Gasteiger partial charge in [-0.05, 0) is 17.7 Å². The van der Waals surface area contributed by atoms with Crippen molar-refractivity contribution in [1.29, 1.82) is 5.26 Å². The van der Waals surface area contributed by atoms with E-state index in [0.717, 1.165) is 12.1 Å². The van der Waals surface area contributed by atoms with Gasteiger partial charge in [0.2, 0.25) is 0 Å². The molecule has 1 atom stereocenters. The molecule has 15 heavy (non-hydrogen) atoms. The Kier molecular flexibility index (Phi) is 3.43. The Balaban J connectivity index is 2.78. The first-order valence-corrected chi connectivity index (χ1v) is 4.25. The van der Waals surface area contributed by atoms with Crippen molar-refractivity contribution < 1.29 is 17.9 Å². The van der Waals surface area contributed by atoms with Gasteiger partial charge in [0.1, 0.15) is 11.1 Å². The molecule has 1 unspecified atom stereocenters. The van der Waals surface area contributed by atoms with Crippen LogP contribution in [-0.4, -0.2) is 6.36 Å². The van der Waals surface area contributed by atoms with Gasteiger partial charge in [-0.2, -0.15) is 5.26 Å². The van der Waals surface area contributed by atoms with Crippen LogP contribution in [0.15, 0.2) is 24.3 Å². The van der Waals surface area contributed by atoms with Crippen molar-refractivity contribution in [1.82, 2.24) is 0 Å². The van der Waals surface area contributed by atoms with Gasteiger partial charge in [-0.25, -0.2) is 0 Å². The highest BCUT2D eigenvalue weighted by Crippen LogP contribution is 2.25. The molecule has 0 N–H and O–H groups in total. The number of alkyl halides is 4. The van der Waals surface area contributed by atoms with Crippen molar-refractivity contribution in [2.24, 2.45) is 0 Å². The molecule has 1 rings (SSSR count). The fourth-order valence-corrected chi connectivity index (χ4v) is 1.06. The third-order valence-electron chi connectivity index (χ3n) is 1.52. The van der Waals surface area contributed by atoms with Crippen molar-refractivity contribution in [2.45, 2.75) is 11.7 Å². The Morgan fingerprint density at radius 2 is 1.80 bits per heavy atom. The topological polar surface area (TPSA) is 33.0 Å². The van der Waals surface area contributed by atoms with Crippen LogP contribution in [0.5, 0.6) is 5.75 Å². The van der Waals surface area contributed by atoms with Gasteiger partial charge in [0.25, 0.3) is 0 Å². The molecule has 2 nitrogen and oxygen atoms in total. The summed E-state index contributed by atoms with van der Waals surface area (Å²) in [5, 5.41) is 7.58. The predicted octanol–water partition coefficient (Wildman–Crippen LogP) is 3.39. The highest BCUT2D eigenvalue weighted by atomic mass is 35.5. The first kappa shape index (κ1) is 11.7. The molecule has 6 heteroatoms. The summed E-state index contributed by atoms with van der Waals surface area (Å²) in [6.45, 7) is 0. The monoisotopic (exact) mass is 235 g/mol. The van der Waals surface area contributed by atoms with E-state index in [4.69, 9.17) is 16.9 Å². The van der Waals surface area contributed by atoms with Crippen molar-refractivity contribution in [2.75, 3.05) is 0 Å². The van der Waals surface area contributed by atoms with E-state index in [1.165, 1.54) is 12.1 Å². The third-order valence-corrected chi connectivity index (χ3v) is 1.87. The Morgan fingerprint density at radius 3 is 2.20 bits per heavy atom. The van der Waals surface area contributed by atoms with E-state index in [9.17, 15) is 13.2 Å². The van der Waals surface area contributed by atoms with Gasteiger partial charge < -0.3 is 4.74 Å². The molecule has 0 amide bonds.